The van der Waals surface area contributed by atoms with E-state index in [1.54, 1.807) is 7.11 Å². The summed E-state index contributed by atoms with van der Waals surface area (Å²) >= 11 is 0. The van der Waals surface area contributed by atoms with E-state index < -0.39 is 0 Å². The van der Waals surface area contributed by atoms with Gasteiger partial charge in [-0.25, -0.2) is 0 Å². The van der Waals surface area contributed by atoms with Crippen LogP contribution >= 0.6 is 24.0 Å². The first-order valence-corrected chi connectivity index (χ1v) is 9.16. The molecule has 2 rings (SSSR count). The Bertz CT molecular complexity index is 458. The molecule has 144 valence electrons. The Morgan fingerprint density at radius 3 is 2.52 bits per heavy atom. The predicted octanol–water partition coefficient (Wildman–Crippen LogP) is 2.02. The number of aliphatic imine (C=N–C) groups is 1. The van der Waals surface area contributed by atoms with Gasteiger partial charge in [0, 0.05) is 52.2 Å². The average Bonchev–Trinajstić information content (AvgIpc) is 3.12. The number of halogens is 1. The van der Waals surface area contributed by atoms with E-state index in [1.165, 1.54) is 25.9 Å². The van der Waals surface area contributed by atoms with Crippen molar-refractivity contribution in [1.82, 2.24) is 20.1 Å². The average molecular weight is 463 g/mol. The maximum atomic E-state index is 5.16. The van der Waals surface area contributed by atoms with E-state index in [9.17, 15) is 0 Å². The van der Waals surface area contributed by atoms with Crippen LogP contribution in [0.1, 0.15) is 19.8 Å². The zero-order chi connectivity index (χ0) is 17.0. The fourth-order valence-electron chi connectivity index (χ4n) is 3.00. The first kappa shape index (κ1) is 22.2. The highest BCUT2D eigenvalue weighted by atomic mass is 127. The third kappa shape index (κ3) is 8.91. The lowest BCUT2D eigenvalue weighted by Crippen LogP contribution is -2.40. The van der Waals surface area contributed by atoms with Crippen molar-refractivity contribution in [3.05, 3.63) is 24.5 Å². The lowest BCUT2D eigenvalue weighted by atomic mass is 9.97. The Kier molecular flexibility index (Phi) is 11.9. The molecule has 0 bridgehead atoms. The number of nitrogens with one attached hydrogen (secondary N) is 2. The number of likely N-dealkylation sites (tertiary alicyclic amines) is 1. The van der Waals surface area contributed by atoms with Gasteiger partial charge in [0.1, 0.15) is 0 Å². The molecule has 0 radical (unpaired) electrons. The van der Waals surface area contributed by atoms with Gasteiger partial charge in [-0.15, -0.1) is 24.0 Å². The summed E-state index contributed by atoms with van der Waals surface area (Å²) in [7, 11) is 1.77. The van der Waals surface area contributed by atoms with Crippen molar-refractivity contribution < 1.29 is 4.74 Å². The second-order valence-corrected chi connectivity index (χ2v) is 6.35. The van der Waals surface area contributed by atoms with Gasteiger partial charge < -0.3 is 24.8 Å². The lowest BCUT2D eigenvalue weighted by Gasteiger charge is -2.31. The molecule has 0 unspecified atom stereocenters. The molecule has 0 saturated carbocycles. The molecular weight excluding hydrogens is 429 g/mol. The summed E-state index contributed by atoms with van der Waals surface area (Å²) in [5.74, 6) is 1.63. The van der Waals surface area contributed by atoms with Crippen LogP contribution in [0.25, 0.3) is 0 Å². The molecule has 1 aromatic rings. The standard InChI is InChI=1S/C18H33N5O.HI/c1-3-19-18(20-8-13-22-9-4-5-10-22)21-16-17-6-11-23(12-7-17)14-15-24-2;/h4-5,9-10,17H,3,6-8,11-16H2,1-2H3,(H2,19,20,21);1H. The van der Waals surface area contributed by atoms with Gasteiger partial charge in [-0.3, -0.25) is 4.99 Å². The third-order valence-corrected chi connectivity index (χ3v) is 4.50. The highest BCUT2D eigenvalue weighted by molar-refractivity contribution is 14.0. The molecule has 0 amide bonds. The van der Waals surface area contributed by atoms with Gasteiger partial charge in [0.15, 0.2) is 5.96 Å². The summed E-state index contributed by atoms with van der Waals surface area (Å²) in [6.45, 7) is 9.97. The first-order valence-electron chi connectivity index (χ1n) is 9.16. The van der Waals surface area contributed by atoms with Crippen LogP contribution in [0, 0.1) is 5.92 Å². The van der Waals surface area contributed by atoms with Gasteiger partial charge in [0.05, 0.1) is 6.61 Å². The normalized spacial score (nSPS) is 16.5. The van der Waals surface area contributed by atoms with E-state index in [0.717, 1.165) is 45.3 Å². The van der Waals surface area contributed by atoms with Crippen LogP contribution in [0.15, 0.2) is 29.5 Å². The molecule has 1 aliphatic rings. The molecule has 1 saturated heterocycles. The van der Waals surface area contributed by atoms with Crippen LogP contribution in [0.5, 0.6) is 0 Å². The zero-order valence-electron chi connectivity index (χ0n) is 15.6. The number of methoxy groups -OCH3 is 1. The van der Waals surface area contributed by atoms with Gasteiger partial charge in [0.25, 0.3) is 0 Å². The largest absolute Gasteiger partial charge is 0.383 e. The van der Waals surface area contributed by atoms with E-state index >= 15 is 0 Å². The SMILES string of the molecule is CCNC(=NCC1CCN(CCOC)CC1)NCCn1cccc1.I. The monoisotopic (exact) mass is 463 g/mol. The number of rotatable bonds is 9. The Labute approximate surface area is 169 Å². The maximum Gasteiger partial charge on any atom is 0.191 e. The molecule has 2 heterocycles. The molecule has 0 atom stereocenters. The van der Waals surface area contributed by atoms with Crippen molar-refractivity contribution in [2.24, 2.45) is 10.9 Å². The van der Waals surface area contributed by atoms with Gasteiger partial charge >= 0.3 is 0 Å². The molecule has 6 nitrogen and oxygen atoms in total. The van der Waals surface area contributed by atoms with E-state index in [-0.39, 0.29) is 24.0 Å². The second kappa shape index (κ2) is 13.4. The number of nitrogens with zero attached hydrogens (tertiary/aromatic N) is 3. The van der Waals surface area contributed by atoms with Crippen molar-refractivity contribution >= 4 is 29.9 Å². The smallest absolute Gasteiger partial charge is 0.191 e. The lowest BCUT2D eigenvalue weighted by molar-refractivity contribution is 0.121. The van der Waals surface area contributed by atoms with Crippen LogP contribution in [0.4, 0.5) is 0 Å². The van der Waals surface area contributed by atoms with Crippen molar-refractivity contribution in [2.45, 2.75) is 26.3 Å². The summed E-state index contributed by atoms with van der Waals surface area (Å²) in [4.78, 5) is 7.28. The van der Waals surface area contributed by atoms with Crippen molar-refractivity contribution in [3.63, 3.8) is 0 Å². The van der Waals surface area contributed by atoms with Crippen molar-refractivity contribution in [2.75, 3.05) is 53.0 Å². The summed E-state index contributed by atoms with van der Waals surface area (Å²) < 4.78 is 7.33. The fourth-order valence-corrected chi connectivity index (χ4v) is 3.00. The minimum absolute atomic E-state index is 0. The molecule has 0 aliphatic carbocycles. The third-order valence-electron chi connectivity index (χ3n) is 4.50. The first-order chi connectivity index (χ1) is 11.8. The Hall–Kier alpha value is -0.800. The Balaban J connectivity index is 0.00000312. The highest BCUT2D eigenvalue weighted by Gasteiger charge is 2.18. The number of aromatic nitrogens is 1. The molecule has 7 heteroatoms. The number of ether oxygens (including phenoxy) is 1. The van der Waals surface area contributed by atoms with Crippen LogP contribution in [0.2, 0.25) is 0 Å². The highest BCUT2D eigenvalue weighted by Crippen LogP contribution is 2.17. The van der Waals surface area contributed by atoms with Crippen LogP contribution in [-0.4, -0.2) is 68.4 Å². The fraction of sp³-hybridized carbons (Fsp3) is 0.722. The number of hydrogen-bond donors (Lipinski definition) is 2. The summed E-state index contributed by atoms with van der Waals surface area (Å²) in [6.07, 6.45) is 6.64. The number of piperidine rings is 1. The van der Waals surface area contributed by atoms with Crippen LogP contribution < -0.4 is 10.6 Å². The van der Waals surface area contributed by atoms with Gasteiger partial charge in [-0.1, -0.05) is 0 Å². The molecule has 1 fully saturated rings. The molecule has 0 spiro atoms. The van der Waals surface area contributed by atoms with Crippen LogP contribution in [0.3, 0.4) is 0 Å². The van der Waals surface area contributed by atoms with E-state index in [1.807, 2.05) is 0 Å². The van der Waals surface area contributed by atoms with Gasteiger partial charge in [-0.2, -0.15) is 0 Å². The van der Waals surface area contributed by atoms with E-state index in [4.69, 9.17) is 9.73 Å². The molecule has 25 heavy (non-hydrogen) atoms. The molecule has 0 aromatic carbocycles. The molecular formula is C18H34IN5O. The van der Waals surface area contributed by atoms with Crippen LogP contribution in [-0.2, 0) is 11.3 Å². The maximum absolute atomic E-state index is 5.16. The minimum atomic E-state index is 0. The topological polar surface area (TPSA) is 53.8 Å². The second-order valence-electron chi connectivity index (χ2n) is 6.35. The van der Waals surface area contributed by atoms with Gasteiger partial charge in [-0.05, 0) is 50.9 Å². The number of hydrogen-bond acceptors (Lipinski definition) is 3. The Morgan fingerprint density at radius 1 is 1.16 bits per heavy atom. The van der Waals surface area contributed by atoms with Crippen molar-refractivity contribution in [1.29, 1.82) is 0 Å². The summed E-state index contributed by atoms with van der Waals surface area (Å²) in [6, 6.07) is 4.11. The molecule has 1 aliphatic heterocycles. The molecule has 1 aromatic heterocycles. The zero-order valence-corrected chi connectivity index (χ0v) is 17.9. The van der Waals surface area contributed by atoms with Gasteiger partial charge in [0.2, 0.25) is 0 Å². The number of guanidine groups is 1. The van der Waals surface area contributed by atoms with E-state index in [2.05, 4.69) is 51.6 Å². The molecule has 2 N–H and O–H groups in total. The Morgan fingerprint density at radius 2 is 1.88 bits per heavy atom. The minimum Gasteiger partial charge on any atom is -0.383 e. The van der Waals surface area contributed by atoms with Crippen molar-refractivity contribution in [3.8, 4) is 0 Å². The predicted molar refractivity (Wildman–Crippen MR) is 115 cm³/mol. The van der Waals surface area contributed by atoms with E-state index in [0.29, 0.717) is 5.92 Å². The summed E-state index contributed by atoms with van der Waals surface area (Å²) in [5, 5.41) is 6.77. The quantitative estimate of drug-likeness (QED) is 0.334. The summed E-state index contributed by atoms with van der Waals surface area (Å²) in [5.41, 5.74) is 0.